The molecule has 0 unspecified atom stereocenters. The van der Waals surface area contributed by atoms with Crippen molar-refractivity contribution in [2.45, 2.75) is 43.7 Å². The molecule has 27 heavy (non-hydrogen) atoms. The molecule has 2 aromatic rings. The predicted octanol–water partition coefficient (Wildman–Crippen LogP) is 3.91. The Hall–Kier alpha value is -1.70. The highest BCUT2D eigenvalue weighted by Crippen LogP contribution is 2.28. The number of sulfonamides is 1. The van der Waals surface area contributed by atoms with E-state index in [0.717, 1.165) is 29.7 Å². The number of benzene rings is 1. The molecule has 0 saturated carbocycles. The van der Waals surface area contributed by atoms with E-state index in [1.165, 1.54) is 15.6 Å². The lowest BCUT2D eigenvalue weighted by Gasteiger charge is -2.30. The van der Waals surface area contributed by atoms with Crippen molar-refractivity contribution in [3.8, 4) is 0 Å². The second-order valence-electron chi connectivity index (χ2n) is 6.76. The molecule has 0 aliphatic carbocycles. The Balaban J connectivity index is 1.66. The van der Waals surface area contributed by atoms with Gasteiger partial charge in [0.2, 0.25) is 5.91 Å². The summed E-state index contributed by atoms with van der Waals surface area (Å²) in [5.74, 6) is -0.159. The summed E-state index contributed by atoms with van der Waals surface area (Å²) in [6.07, 6.45) is 2.82. The van der Waals surface area contributed by atoms with Crippen molar-refractivity contribution < 1.29 is 13.2 Å². The Morgan fingerprint density at radius 1 is 1.11 bits per heavy atom. The van der Waals surface area contributed by atoms with Gasteiger partial charge >= 0.3 is 0 Å². The van der Waals surface area contributed by atoms with Gasteiger partial charge < -0.3 is 5.32 Å². The largest absolute Gasteiger partial charge is 0.325 e. The van der Waals surface area contributed by atoms with E-state index in [1.807, 2.05) is 18.2 Å². The lowest BCUT2D eigenvalue weighted by Crippen LogP contribution is -2.41. The number of amides is 1. The van der Waals surface area contributed by atoms with E-state index in [9.17, 15) is 13.2 Å². The van der Waals surface area contributed by atoms with E-state index in [2.05, 4.69) is 19.2 Å². The molecule has 5 nitrogen and oxygen atoms in total. The van der Waals surface area contributed by atoms with Crippen molar-refractivity contribution >= 4 is 33.0 Å². The number of rotatable bonds is 6. The Kier molecular flexibility index (Phi) is 6.34. The van der Waals surface area contributed by atoms with Crippen LogP contribution in [0.15, 0.2) is 39.9 Å². The fraction of sp³-hybridized carbons (Fsp3) is 0.450. The van der Waals surface area contributed by atoms with E-state index >= 15 is 0 Å². The van der Waals surface area contributed by atoms with Gasteiger partial charge in [-0.05, 0) is 48.3 Å². The average molecular weight is 407 g/mol. The summed E-state index contributed by atoms with van der Waals surface area (Å²) in [4.78, 5) is 12.8. The van der Waals surface area contributed by atoms with E-state index in [0.29, 0.717) is 30.1 Å². The third-order valence-corrected chi connectivity index (χ3v) is 8.43. The molecule has 1 aliphatic heterocycles. The molecule has 1 fully saturated rings. The van der Waals surface area contributed by atoms with Crippen LogP contribution in [0.4, 0.5) is 5.69 Å². The van der Waals surface area contributed by atoms with E-state index < -0.39 is 10.0 Å². The molecule has 1 aromatic carbocycles. The van der Waals surface area contributed by atoms with Crippen molar-refractivity contribution in [1.29, 1.82) is 0 Å². The molecule has 1 aliphatic rings. The van der Waals surface area contributed by atoms with Crippen LogP contribution in [0.25, 0.3) is 0 Å². The fourth-order valence-corrected chi connectivity index (χ4v) is 6.14. The predicted molar refractivity (Wildman–Crippen MR) is 110 cm³/mol. The summed E-state index contributed by atoms with van der Waals surface area (Å²) in [6, 6.07) is 9.50. The van der Waals surface area contributed by atoms with Crippen LogP contribution in [-0.4, -0.2) is 31.7 Å². The maximum Gasteiger partial charge on any atom is 0.252 e. The second kappa shape index (κ2) is 8.54. The molecule has 1 amide bonds. The van der Waals surface area contributed by atoms with Crippen LogP contribution in [-0.2, 0) is 27.7 Å². The Bertz CT molecular complexity index is 862. The molecule has 0 spiro atoms. The minimum atomic E-state index is -3.43. The number of thiophene rings is 1. The Morgan fingerprint density at radius 3 is 2.26 bits per heavy atom. The second-order valence-corrected chi connectivity index (χ2v) is 9.87. The van der Waals surface area contributed by atoms with Crippen molar-refractivity contribution in [3.63, 3.8) is 0 Å². The monoisotopic (exact) mass is 406 g/mol. The van der Waals surface area contributed by atoms with Gasteiger partial charge in [-0.3, -0.25) is 4.79 Å². The zero-order valence-electron chi connectivity index (χ0n) is 15.8. The van der Waals surface area contributed by atoms with Crippen molar-refractivity contribution in [2.24, 2.45) is 5.92 Å². The normalized spacial score (nSPS) is 16.4. The summed E-state index contributed by atoms with van der Waals surface area (Å²) >= 11 is 1.23. The lowest BCUT2D eigenvalue weighted by molar-refractivity contribution is -0.120. The van der Waals surface area contributed by atoms with Crippen LogP contribution in [0.5, 0.6) is 0 Å². The maximum atomic E-state index is 12.8. The molecular formula is C20H26N2O3S2. The molecular weight excluding hydrogens is 380 g/mol. The number of hydrogen-bond acceptors (Lipinski definition) is 4. The van der Waals surface area contributed by atoms with Crippen LogP contribution in [0, 0.1) is 5.92 Å². The van der Waals surface area contributed by atoms with Crippen LogP contribution >= 0.6 is 11.3 Å². The molecule has 7 heteroatoms. The Morgan fingerprint density at radius 2 is 1.74 bits per heavy atom. The number of nitrogens with one attached hydrogen (secondary N) is 1. The molecule has 1 saturated heterocycles. The number of nitrogens with zero attached hydrogens (tertiary/aromatic N) is 1. The molecule has 0 radical (unpaired) electrons. The van der Waals surface area contributed by atoms with E-state index in [-0.39, 0.29) is 11.8 Å². The van der Waals surface area contributed by atoms with Gasteiger partial charge in [-0.15, -0.1) is 11.3 Å². The number of carbonyl (C=O) groups is 1. The van der Waals surface area contributed by atoms with Crippen molar-refractivity contribution in [1.82, 2.24) is 4.31 Å². The van der Waals surface area contributed by atoms with Gasteiger partial charge in [0.05, 0.1) is 0 Å². The highest BCUT2D eigenvalue weighted by Gasteiger charge is 2.32. The van der Waals surface area contributed by atoms with Gasteiger partial charge in [-0.1, -0.05) is 38.1 Å². The summed E-state index contributed by atoms with van der Waals surface area (Å²) in [6.45, 7) is 4.93. The first-order chi connectivity index (χ1) is 13.0. The highest BCUT2D eigenvalue weighted by atomic mass is 32.2. The molecule has 0 bridgehead atoms. The molecule has 3 rings (SSSR count). The zero-order chi connectivity index (χ0) is 19.4. The van der Waals surface area contributed by atoms with Gasteiger partial charge in [0.25, 0.3) is 10.0 Å². The molecule has 1 aromatic heterocycles. The summed E-state index contributed by atoms with van der Waals surface area (Å²) < 4.78 is 27.1. The first-order valence-corrected chi connectivity index (χ1v) is 11.7. The smallest absolute Gasteiger partial charge is 0.252 e. The SMILES string of the molecule is CCc1cccc(CC)c1NC(=O)C1CCN(S(=O)(=O)c2cccs2)CC1. The number of hydrogen-bond donors (Lipinski definition) is 1. The van der Waals surface area contributed by atoms with Crippen LogP contribution in [0.3, 0.4) is 0 Å². The minimum Gasteiger partial charge on any atom is -0.325 e. The number of anilines is 1. The molecule has 2 heterocycles. The maximum absolute atomic E-state index is 12.8. The third kappa shape index (κ3) is 4.25. The number of piperidine rings is 1. The molecule has 0 atom stereocenters. The van der Waals surface area contributed by atoms with E-state index in [1.54, 1.807) is 17.5 Å². The Labute approximate surface area is 165 Å². The third-order valence-electron chi connectivity index (χ3n) is 5.16. The minimum absolute atomic E-state index is 0.00114. The van der Waals surface area contributed by atoms with Gasteiger partial charge in [-0.25, -0.2) is 8.42 Å². The van der Waals surface area contributed by atoms with Gasteiger partial charge in [-0.2, -0.15) is 4.31 Å². The molecule has 1 N–H and O–H groups in total. The van der Waals surface area contributed by atoms with Gasteiger partial charge in [0.15, 0.2) is 0 Å². The van der Waals surface area contributed by atoms with Gasteiger partial charge in [0.1, 0.15) is 4.21 Å². The highest BCUT2D eigenvalue weighted by molar-refractivity contribution is 7.91. The topological polar surface area (TPSA) is 66.5 Å². The number of para-hydroxylation sites is 1. The standard InChI is InChI=1S/C20H26N2O3S2/c1-3-15-7-5-8-16(4-2)19(15)21-20(23)17-10-12-22(13-11-17)27(24,25)18-9-6-14-26-18/h5-9,14,17H,3-4,10-13H2,1-2H3,(H,21,23). The van der Waals surface area contributed by atoms with E-state index in [4.69, 9.17) is 0 Å². The quantitative estimate of drug-likeness (QED) is 0.791. The van der Waals surface area contributed by atoms with Crippen LogP contribution < -0.4 is 5.32 Å². The summed E-state index contributed by atoms with van der Waals surface area (Å²) in [7, 11) is -3.43. The van der Waals surface area contributed by atoms with Crippen LogP contribution in [0.1, 0.15) is 37.8 Å². The first-order valence-electron chi connectivity index (χ1n) is 9.42. The lowest BCUT2D eigenvalue weighted by atomic mass is 9.96. The summed E-state index contributed by atoms with van der Waals surface area (Å²) in [5, 5.41) is 4.89. The van der Waals surface area contributed by atoms with Crippen molar-refractivity contribution in [3.05, 3.63) is 46.8 Å². The average Bonchev–Trinajstić information content (AvgIpc) is 3.24. The van der Waals surface area contributed by atoms with Gasteiger partial charge in [0, 0.05) is 24.7 Å². The number of carbonyl (C=O) groups excluding carboxylic acids is 1. The summed E-state index contributed by atoms with van der Waals surface area (Å²) in [5.41, 5.74) is 3.21. The fourth-order valence-electron chi connectivity index (χ4n) is 3.52. The molecule has 146 valence electrons. The van der Waals surface area contributed by atoms with Crippen molar-refractivity contribution in [2.75, 3.05) is 18.4 Å². The first kappa shape index (κ1) is 20.0. The van der Waals surface area contributed by atoms with Crippen LogP contribution in [0.2, 0.25) is 0 Å². The zero-order valence-corrected chi connectivity index (χ0v) is 17.4. The number of aryl methyl sites for hydroxylation is 2.